The van der Waals surface area contributed by atoms with Gasteiger partial charge >= 0.3 is 5.97 Å². The molecule has 0 aromatic heterocycles. The molecule has 3 rings (SSSR count). The minimum Gasteiger partial charge on any atom is -0.478 e. The zero-order valence-electron chi connectivity index (χ0n) is 12.5. The zero-order chi connectivity index (χ0) is 17.1. The molecule has 1 aliphatic heterocycles. The van der Waals surface area contributed by atoms with Crippen LogP contribution in [0.1, 0.15) is 15.9 Å². The van der Waals surface area contributed by atoms with Crippen LogP contribution < -0.4 is 5.32 Å². The van der Waals surface area contributed by atoms with Crippen LogP contribution >= 0.6 is 11.8 Å². The van der Waals surface area contributed by atoms with E-state index in [9.17, 15) is 14.4 Å². The van der Waals surface area contributed by atoms with Gasteiger partial charge in [-0.05, 0) is 41.6 Å². The SMILES string of the molecule is O=C(O)c1ccc(CN2C(=O)S[C@@H](Nc3ccccc3)C2=O)cc1. The number of carboxylic acids is 1. The number of carbonyl (C=O) groups is 3. The number of para-hydroxylation sites is 1. The van der Waals surface area contributed by atoms with Gasteiger partial charge in [0.05, 0.1) is 12.1 Å². The van der Waals surface area contributed by atoms with E-state index >= 15 is 0 Å². The maximum absolute atomic E-state index is 12.4. The molecule has 0 spiro atoms. The van der Waals surface area contributed by atoms with Crippen LogP contribution in [0.2, 0.25) is 0 Å². The average molecular weight is 342 g/mol. The zero-order valence-corrected chi connectivity index (χ0v) is 13.3. The fraction of sp³-hybridized carbons (Fsp3) is 0.118. The Morgan fingerprint density at radius 2 is 1.75 bits per heavy atom. The molecule has 1 saturated heterocycles. The second-order valence-corrected chi connectivity index (χ2v) is 6.26. The number of carbonyl (C=O) groups excluding carboxylic acids is 2. The molecule has 0 bridgehead atoms. The summed E-state index contributed by atoms with van der Waals surface area (Å²) in [5.41, 5.74) is 1.63. The summed E-state index contributed by atoms with van der Waals surface area (Å²) < 4.78 is 0. The Morgan fingerprint density at radius 3 is 2.38 bits per heavy atom. The molecule has 122 valence electrons. The molecule has 2 aromatic rings. The Hall–Kier alpha value is -2.80. The highest BCUT2D eigenvalue weighted by atomic mass is 32.2. The molecule has 2 N–H and O–H groups in total. The molecule has 1 atom stereocenters. The van der Waals surface area contributed by atoms with Gasteiger partial charge in [-0.1, -0.05) is 30.3 Å². The summed E-state index contributed by atoms with van der Waals surface area (Å²) in [5, 5.41) is 10.9. The van der Waals surface area contributed by atoms with Gasteiger partial charge < -0.3 is 10.4 Å². The van der Waals surface area contributed by atoms with E-state index in [1.54, 1.807) is 12.1 Å². The van der Waals surface area contributed by atoms with E-state index in [0.29, 0.717) is 5.56 Å². The lowest BCUT2D eigenvalue weighted by atomic mass is 10.1. The Balaban J connectivity index is 1.69. The molecular formula is C17H14N2O4S. The summed E-state index contributed by atoms with van der Waals surface area (Å²) in [5.74, 6) is -1.33. The molecule has 0 radical (unpaired) electrons. The summed E-state index contributed by atoms with van der Waals surface area (Å²) in [6, 6.07) is 15.3. The fourth-order valence-corrected chi connectivity index (χ4v) is 3.21. The standard InChI is InChI=1S/C17H14N2O4S/c20-15-14(18-13-4-2-1-3-5-13)24-17(23)19(15)10-11-6-8-12(9-7-11)16(21)22/h1-9,14,18H,10H2,(H,21,22)/t14-/m1/s1. The molecule has 1 fully saturated rings. The molecule has 0 saturated carbocycles. The first-order valence-corrected chi connectivity index (χ1v) is 8.08. The number of carboxylic acid groups (broad SMARTS) is 1. The van der Waals surface area contributed by atoms with E-state index < -0.39 is 11.3 Å². The van der Waals surface area contributed by atoms with Crippen molar-refractivity contribution < 1.29 is 19.5 Å². The number of benzene rings is 2. The van der Waals surface area contributed by atoms with Crippen LogP contribution in [0.3, 0.4) is 0 Å². The topological polar surface area (TPSA) is 86.7 Å². The molecule has 24 heavy (non-hydrogen) atoms. The first-order valence-electron chi connectivity index (χ1n) is 7.20. The molecule has 0 unspecified atom stereocenters. The van der Waals surface area contributed by atoms with E-state index in [1.807, 2.05) is 30.3 Å². The highest BCUT2D eigenvalue weighted by molar-refractivity contribution is 8.15. The molecule has 1 aliphatic rings. The lowest BCUT2D eigenvalue weighted by Gasteiger charge is -2.15. The van der Waals surface area contributed by atoms with E-state index in [-0.39, 0.29) is 23.3 Å². The maximum Gasteiger partial charge on any atom is 0.335 e. The third-order valence-corrected chi connectivity index (χ3v) is 4.52. The van der Waals surface area contributed by atoms with Crippen LogP contribution in [-0.4, -0.2) is 32.5 Å². The van der Waals surface area contributed by atoms with Gasteiger partial charge in [-0.2, -0.15) is 0 Å². The van der Waals surface area contributed by atoms with Crippen LogP contribution in [0.4, 0.5) is 10.5 Å². The molecule has 6 nitrogen and oxygen atoms in total. The second-order valence-electron chi connectivity index (χ2n) is 5.20. The summed E-state index contributed by atoms with van der Waals surface area (Å²) in [7, 11) is 0. The first-order chi connectivity index (χ1) is 11.5. The van der Waals surface area contributed by atoms with E-state index in [2.05, 4.69) is 5.32 Å². The van der Waals surface area contributed by atoms with Gasteiger partial charge in [-0.3, -0.25) is 14.5 Å². The number of amides is 2. The van der Waals surface area contributed by atoms with Crippen molar-refractivity contribution in [3.05, 3.63) is 65.7 Å². The number of hydrogen-bond donors (Lipinski definition) is 2. The smallest absolute Gasteiger partial charge is 0.335 e. The van der Waals surface area contributed by atoms with Crippen LogP contribution in [0.15, 0.2) is 54.6 Å². The van der Waals surface area contributed by atoms with Gasteiger partial charge in [-0.15, -0.1) is 0 Å². The minimum atomic E-state index is -1.02. The molecule has 2 amide bonds. The van der Waals surface area contributed by atoms with Crippen LogP contribution in [-0.2, 0) is 11.3 Å². The summed E-state index contributed by atoms with van der Waals surface area (Å²) in [6.07, 6.45) is 0. The lowest BCUT2D eigenvalue weighted by Crippen LogP contribution is -2.33. The maximum atomic E-state index is 12.4. The molecule has 7 heteroatoms. The molecule has 2 aromatic carbocycles. The van der Waals surface area contributed by atoms with Crippen molar-refractivity contribution in [2.24, 2.45) is 0 Å². The van der Waals surface area contributed by atoms with Crippen LogP contribution in [0.5, 0.6) is 0 Å². The third-order valence-electron chi connectivity index (χ3n) is 3.54. The van der Waals surface area contributed by atoms with Crippen molar-refractivity contribution >= 4 is 34.6 Å². The number of nitrogens with one attached hydrogen (secondary N) is 1. The van der Waals surface area contributed by atoms with Gasteiger partial charge in [0.2, 0.25) is 0 Å². The van der Waals surface area contributed by atoms with E-state index in [0.717, 1.165) is 17.4 Å². The van der Waals surface area contributed by atoms with Crippen molar-refractivity contribution in [2.45, 2.75) is 11.9 Å². The van der Waals surface area contributed by atoms with E-state index in [4.69, 9.17) is 5.11 Å². The Morgan fingerprint density at radius 1 is 1.08 bits per heavy atom. The Labute approximate surface area is 142 Å². The number of imide groups is 1. The Bertz CT molecular complexity index is 777. The van der Waals surface area contributed by atoms with Gasteiger partial charge in [0.15, 0.2) is 5.37 Å². The average Bonchev–Trinajstić information content (AvgIpc) is 2.84. The summed E-state index contributed by atoms with van der Waals surface area (Å²) in [4.78, 5) is 36.5. The number of rotatable bonds is 5. The second kappa shape index (κ2) is 6.76. The van der Waals surface area contributed by atoms with Gasteiger partial charge in [-0.25, -0.2) is 4.79 Å². The van der Waals surface area contributed by atoms with Crippen LogP contribution in [0, 0.1) is 0 Å². The number of hydrogen-bond acceptors (Lipinski definition) is 5. The minimum absolute atomic E-state index is 0.123. The number of nitrogens with zero attached hydrogens (tertiary/aromatic N) is 1. The highest BCUT2D eigenvalue weighted by Crippen LogP contribution is 2.29. The Kier molecular flexibility index (Phi) is 4.52. The quantitative estimate of drug-likeness (QED) is 0.868. The van der Waals surface area contributed by atoms with Crippen molar-refractivity contribution in [3.8, 4) is 0 Å². The number of thioether (sulfide) groups is 1. The number of aromatic carboxylic acids is 1. The van der Waals surface area contributed by atoms with Crippen molar-refractivity contribution in [2.75, 3.05) is 5.32 Å². The first kappa shape index (κ1) is 16.1. The molecule has 0 aliphatic carbocycles. The normalized spacial score (nSPS) is 17.2. The van der Waals surface area contributed by atoms with Gasteiger partial charge in [0, 0.05) is 5.69 Å². The molecule has 1 heterocycles. The third kappa shape index (κ3) is 3.41. The highest BCUT2D eigenvalue weighted by Gasteiger charge is 2.39. The molecular weight excluding hydrogens is 328 g/mol. The van der Waals surface area contributed by atoms with Gasteiger partial charge in [0.25, 0.3) is 11.1 Å². The van der Waals surface area contributed by atoms with Crippen molar-refractivity contribution in [3.63, 3.8) is 0 Å². The fourth-order valence-electron chi connectivity index (χ4n) is 2.30. The largest absolute Gasteiger partial charge is 0.478 e. The summed E-state index contributed by atoms with van der Waals surface area (Å²) >= 11 is 0.936. The van der Waals surface area contributed by atoms with Crippen LogP contribution in [0.25, 0.3) is 0 Å². The van der Waals surface area contributed by atoms with Crippen molar-refractivity contribution in [1.82, 2.24) is 4.90 Å². The van der Waals surface area contributed by atoms with Gasteiger partial charge in [0.1, 0.15) is 0 Å². The predicted octanol–water partition coefficient (Wildman–Crippen LogP) is 3.02. The number of anilines is 1. The van der Waals surface area contributed by atoms with Crippen molar-refractivity contribution in [1.29, 1.82) is 0 Å². The monoisotopic (exact) mass is 342 g/mol. The summed E-state index contributed by atoms with van der Waals surface area (Å²) in [6.45, 7) is 0.123. The lowest BCUT2D eigenvalue weighted by molar-refractivity contribution is -0.126. The predicted molar refractivity (Wildman–Crippen MR) is 90.8 cm³/mol. The van der Waals surface area contributed by atoms with E-state index in [1.165, 1.54) is 17.0 Å².